The minimum Gasteiger partial charge on any atom is -0.481 e. The van der Waals surface area contributed by atoms with Crippen LogP contribution < -0.4 is 5.32 Å². The van der Waals surface area contributed by atoms with E-state index in [9.17, 15) is 9.59 Å². The monoisotopic (exact) mass is 329 g/mol. The highest BCUT2D eigenvalue weighted by Crippen LogP contribution is 2.50. The van der Waals surface area contributed by atoms with Gasteiger partial charge in [-0.2, -0.15) is 0 Å². The number of thiophene rings is 1. The molecule has 3 atom stereocenters. The van der Waals surface area contributed by atoms with E-state index in [2.05, 4.69) is 24.4 Å². The number of nitrogens with one attached hydrogen (secondary N) is 1. The number of carbonyl (C=O) groups excluding carboxylic acids is 1. The zero-order chi connectivity index (χ0) is 16.4. The molecule has 1 saturated carbocycles. The van der Waals surface area contributed by atoms with Crippen molar-refractivity contribution < 1.29 is 14.7 Å². The normalized spacial score (nSPS) is 20.7. The first-order valence-corrected chi connectivity index (χ1v) is 8.49. The zero-order valence-corrected chi connectivity index (χ0v) is 13.7. The first kappa shape index (κ1) is 15.7. The topological polar surface area (TPSA) is 66.4 Å². The number of hydrogen-bond donors (Lipinski definition) is 2. The van der Waals surface area contributed by atoms with Crippen LogP contribution in [-0.2, 0) is 9.59 Å². The van der Waals surface area contributed by atoms with Crippen LogP contribution in [0.3, 0.4) is 0 Å². The summed E-state index contributed by atoms with van der Waals surface area (Å²) in [6.07, 6.45) is 0.742. The van der Waals surface area contributed by atoms with Gasteiger partial charge in [-0.15, -0.1) is 11.3 Å². The molecule has 0 bridgehead atoms. The molecule has 0 saturated heterocycles. The SMILES string of the molecule is Cc1ccc([C@@H]2C[C@H]2C(=O)N[C@H](CC(=O)O)c2ccccc2)s1. The molecule has 1 aliphatic rings. The second-order valence-electron chi connectivity index (χ2n) is 5.97. The Balaban J connectivity index is 1.66. The maximum atomic E-state index is 12.5. The molecule has 1 aliphatic carbocycles. The van der Waals surface area contributed by atoms with Crippen molar-refractivity contribution in [1.82, 2.24) is 5.32 Å². The van der Waals surface area contributed by atoms with Crippen LogP contribution in [0.2, 0.25) is 0 Å². The molecule has 3 rings (SSSR count). The standard InChI is InChI=1S/C18H19NO3S/c1-11-7-8-16(23-11)13-9-14(13)18(22)19-15(10-17(20)21)12-5-3-2-4-6-12/h2-8,13-15H,9-10H2,1H3,(H,19,22)(H,20,21)/t13-,14-,15-/m1/s1. The lowest BCUT2D eigenvalue weighted by Gasteiger charge is -2.17. The van der Waals surface area contributed by atoms with Gasteiger partial charge in [0.1, 0.15) is 0 Å². The van der Waals surface area contributed by atoms with Crippen molar-refractivity contribution in [2.45, 2.75) is 31.7 Å². The summed E-state index contributed by atoms with van der Waals surface area (Å²) in [5.41, 5.74) is 0.826. The van der Waals surface area contributed by atoms with Gasteiger partial charge in [0, 0.05) is 21.6 Å². The van der Waals surface area contributed by atoms with Gasteiger partial charge >= 0.3 is 5.97 Å². The molecule has 1 amide bonds. The van der Waals surface area contributed by atoms with E-state index in [1.165, 1.54) is 9.75 Å². The summed E-state index contributed by atoms with van der Waals surface area (Å²) in [4.78, 5) is 26.0. The molecule has 0 radical (unpaired) electrons. The molecule has 0 spiro atoms. The maximum absolute atomic E-state index is 12.5. The predicted octanol–water partition coefficient (Wildman–Crippen LogP) is 3.49. The first-order valence-electron chi connectivity index (χ1n) is 7.68. The lowest BCUT2D eigenvalue weighted by atomic mass is 10.0. The Morgan fingerprint density at radius 2 is 2.00 bits per heavy atom. The lowest BCUT2D eigenvalue weighted by molar-refractivity contribution is -0.137. The van der Waals surface area contributed by atoms with Gasteiger partial charge in [-0.1, -0.05) is 30.3 Å². The van der Waals surface area contributed by atoms with Crippen LogP contribution >= 0.6 is 11.3 Å². The Bertz CT molecular complexity index is 710. The molecule has 1 aromatic carbocycles. The molecule has 2 aromatic rings. The lowest BCUT2D eigenvalue weighted by Crippen LogP contribution is -2.31. The fraction of sp³-hybridized carbons (Fsp3) is 0.333. The number of hydrogen-bond acceptors (Lipinski definition) is 3. The summed E-state index contributed by atoms with van der Waals surface area (Å²) in [7, 11) is 0. The maximum Gasteiger partial charge on any atom is 0.305 e. The highest BCUT2D eigenvalue weighted by Gasteiger charge is 2.45. The number of carbonyl (C=O) groups is 2. The van der Waals surface area contributed by atoms with Gasteiger partial charge in [-0.05, 0) is 31.0 Å². The summed E-state index contributed by atoms with van der Waals surface area (Å²) in [5, 5.41) is 12.0. The molecular formula is C18H19NO3S. The average Bonchev–Trinajstić information content (AvgIpc) is 3.22. The smallest absolute Gasteiger partial charge is 0.305 e. The van der Waals surface area contributed by atoms with Gasteiger partial charge in [0.05, 0.1) is 12.5 Å². The second-order valence-corrected chi connectivity index (χ2v) is 7.29. The molecular weight excluding hydrogens is 310 g/mol. The van der Waals surface area contributed by atoms with Gasteiger partial charge in [0.25, 0.3) is 0 Å². The van der Waals surface area contributed by atoms with Crippen LogP contribution in [0.15, 0.2) is 42.5 Å². The number of carboxylic acids is 1. The van der Waals surface area contributed by atoms with Crippen molar-refractivity contribution in [2.24, 2.45) is 5.92 Å². The summed E-state index contributed by atoms with van der Waals surface area (Å²) in [6, 6.07) is 13.0. The molecule has 1 heterocycles. The van der Waals surface area contributed by atoms with E-state index in [-0.39, 0.29) is 24.2 Å². The average molecular weight is 329 g/mol. The summed E-state index contributed by atoms with van der Waals surface area (Å²) in [5.74, 6) is -0.709. The van der Waals surface area contributed by atoms with Crippen LogP contribution in [0.4, 0.5) is 0 Å². The van der Waals surface area contributed by atoms with Crippen LogP contribution in [0.5, 0.6) is 0 Å². The first-order chi connectivity index (χ1) is 11.0. The minimum atomic E-state index is -0.916. The van der Waals surface area contributed by atoms with E-state index in [4.69, 9.17) is 5.11 Å². The number of aryl methyl sites for hydroxylation is 1. The Hall–Kier alpha value is -2.14. The van der Waals surface area contributed by atoms with Crippen molar-refractivity contribution in [1.29, 1.82) is 0 Å². The van der Waals surface area contributed by atoms with Gasteiger partial charge in [-0.25, -0.2) is 0 Å². The number of aliphatic carboxylic acids is 1. The highest BCUT2D eigenvalue weighted by atomic mass is 32.1. The molecule has 2 N–H and O–H groups in total. The third kappa shape index (κ3) is 3.79. The molecule has 4 nitrogen and oxygen atoms in total. The van der Waals surface area contributed by atoms with Crippen molar-refractivity contribution in [3.05, 3.63) is 57.8 Å². The van der Waals surface area contributed by atoms with Crippen LogP contribution in [0, 0.1) is 12.8 Å². The molecule has 0 aliphatic heterocycles. The second kappa shape index (κ2) is 6.54. The Labute approximate surface area is 139 Å². The largest absolute Gasteiger partial charge is 0.481 e. The van der Waals surface area contributed by atoms with Crippen molar-refractivity contribution in [3.63, 3.8) is 0 Å². The van der Waals surface area contributed by atoms with Gasteiger partial charge in [0.15, 0.2) is 0 Å². The molecule has 0 unspecified atom stereocenters. The van der Waals surface area contributed by atoms with Crippen LogP contribution in [-0.4, -0.2) is 17.0 Å². The van der Waals surface area contributed by atoms with E-state index in [0.29, 0.717) is 0 Å². The Morgan fingerprint density at radius 1 is 1.26 bits per heavy atom. The van der Waals surface area contributed by atoms with Gasteiger partial charge < -0.3 is 10.4 Å². The summed E-state index contributed by atoms with van der Waals surface area (Å²) in [6.45, 7) is 2.06. The number of carboxylic acid groups (broad SMARTS) is 1. The van der Waals surface area contributed by atoms with Crippen molar-refractivity contribution >= 4 is 23.2 Å². The van der Waals surface area contributed by atoms with Crippen LogP contribution in [0.25, 0.3) is 0 Å². The number of amides is 1. The summed E-state index contributed by atoms with van der Waals surface area (Å²) >= 11 is 1.73. The van der Waals surface area contributed by atoms with Gasteiger partial charge in [0.2, 0.25) is 5.91 Å². The van der Waals surface area contributed by atoms with E-state index in [1.54, 1.807) is 11.3 Å². The van der Waals surface area contributed by atoms with Crippen molar-refractivity contribution in [3.8, 4) is 0 Å². The Kier molecular flexibility index (Phi) is 4.48. The molecule has 5 heteroatoms. The molecule has 1 aromatic heterocycles. The third-order valence-electron chi connectivity index (χ3n) is 4.15. The Morgan fingerprint density at radius 3 is 2.61 bits per heavy atom. The van der Waals surface area contributed by atoms with E-state index in [0.717, 1.165) is 12.0 Å². The summed E-state index contributed by atoms with van der Waals surface area (Å²) < 4.78 is 0. The number of benzene rings is 1. The predicted molar refractivity (Wildman–Crippen MR) is 89.5 cm³/mol. The third-order valence-corrected chi connectivity index (χ3v) is 5.28. The quantitative estimate of drug-likeness (QED) is 0.852. The minimum absolute atomic E-state index is 0.0342. The van der Waals surface area contributed by atoms with E-state index in [1.807, 2.05) is 30.3 Å². The van der Waals surface area contributed by atoms with Crippen molar-refractivity contribution in [2.75, 3.05) is 0 Å². The molecule has 120 valence electrons. The molecule has 1 fully saturated rings. The fourth-order valence-electron chi connectivity index (χ4n) is 2.84. The van der Waals surface area contributed by atoms with E-state index >= 15 is 0 Å². The van der Waals surface area contributed by atoms with Crippen LogP contribution in [0.1, 0.15) is 40.1 Å². The van der Waals surface area contributed by atoms with Gasteiger partial charge in [-0.3, -0.25) is 9.59 Å². The zero-order valence-electron chi connectivity index (χ0n) is 12.9. The highest BCUT2D eigenvalue weighted by molar-refractivity contribution is 7.12. The molecule has 23 heavy (non-hydrogen) atoms. The fourth-order valence-corrected chi connectivity index (χ4v) is 3.90. The number of rotatable bonds is 6. The van der Waals surface area contributed by atoms with E-state index < -0.39 is 12.0 Å².